The van der Waals surface area contributed by atoms with E-state index in [4.69, 9.17) is 4.74 Å². The molecule has 0 bridgehead atoms. The predicted octanol–water partition coefficient (Wildman–Crippen LogP) is 4.80. The molecule has 1 amide bonds. The van der Waals surface area contributed by atoms with Gasteiger partial charge in [0.2, 0.25) is 0 Å². The number of halogens is 3. The summed E-state index contributed by atoms with van der Waals surface area (Å²) in [5, 5.41) is 2.65. The number of amides is 1. The Kier molecular flexibility index (Phi) is 6.29. The van der Waals surface area contributed by atoms with Crippen LogP contribution in [-0.4, -0.2) is 12.0 Å². The summed E-state index contributed by atoms with van der Waals surface area (Å²) in [6.07, 6.45) is -4.67. The van der Waals surface area contributed by atoms with Crippen LogP contribution < -0.4 is 10.1 Å². The summed E-state index contributed by atoms with van der Waals surface area (Å²) >= 11 is 0. The normalized spacial score (nSPS) is 12.5. The average molecular weight is 365 g/mol. The van der Waals surface area contributed by atoms with Gasteiger partial charge in [-0.25, -0.2) is 0 Å². The minimum atomic E-state index is -4.40. The van der Waals surface area contributed by atoms with Crippen molar-refractivity contribution < 1.29 is 22.7 Å². The van der Waals surface area contributed by atoms with E-state index in [0.29, 0.717) is 17.7 Å². The van der Waals surface area contributed by atoms with Crippen molar-refractivity contribution in [2.45, 2.75) is 46.0 Å². The van der Waals surface area contributed by atoms with E-state index in [0.717, 1.165) is 23.3 Å². The highest BCUT2D eigenvalue weighted by molar-refractivity contribution is 5.81. The van der Waals surface area contributed by atoms with Gasteiger partial charge in [-0.05, 0) is 55.2 Å². The number of rotatable bonds is 6. The predicted molar refractivity (Wildman–Crippen MR) is 93.9 cm³/mol. The first-order valence-corrected chi connectivity index (χ1v) is 8.38. The maximum Gasteiger partial charge on any atom is 0.416 e. The third kappa shape index (κ3) is 5.25. The van der Waals surface area contributed by atoms with Crippen LogP contribution >= 0.6 is 0 Å². The van der Waals surface area contributed by atoms with Crippen molar-refractivity contribution in [1.29, 1.82) is 0 Å². The molecule has 1 N–H and O–H groups in total. The molecule has 0 fully saturated rings. The van der Waals surface area contributed by atoms with Gasteiger partial charge in [0.05, 0.1) is 5.56 Å². The van der Waals surface area contributed by atoms with E-state index in [9.17, 15) is 18.0 Å². The highest BCUT2D eigenvalue weighted by atomic mass is 19.4. The summed E-state index contributed by atoms with van der Waals surface area (Å²) in [6, 6.07) is 10.6. The number of carbonyl (C=O) groups excluding carboxylic acids is 1. The molecule has 2 rings (SSSR count). The lowest BCUT2D eigenvalue weighted by Gasteiger charge is -2.19. The summed E-state index contributed by atoms with van der Waals surface area (Å²) in [5.74, 6) is 0.275. The van der Waals surface area contributed by atoms with E-state index >= 15 is 0 Å². The van der Waals surface area contributed by atoms with Crippen LogP contribution in [0.4, 0.5) is 13.2 Å². The molecule has 0 aliphatic rings. The first kappa shape index (κ1) is 19.8. The molecule has 6 heteroatoms. The molecule has 0 heterocycles. The lowest BCUT2D eigenvalue weighted by atomic mass is 10.1. The Bertz CT molecular complexity index is 772. The molecule has 2 aromatic carbocycles. The third-order valence-corrected chi connectivity index (χ3v) is 4.00. The van der Waals surface area contributed by atoms with Gasteiger partial charge in [-0.3, -0.25) is 4.79 Å². The highest BCUT2D eigenvalue weighted by Gasteiger charge is 2.30. The first-order chi connectivity index (χ1) is 12.2. The van der Waals surface area contributed by atoms with Crippen molar-refractivity contribution in [2.24, 2.45) is 0 Å². The SMILES string of the molecule is CC[C@H](Oc1cc(C)ccc1C)C(=O)NCc1cccc(C(F)(F)F)c1. The Morgan fingerprint density at radius 2 is 1.88 bits per heavy atom. The van der Waals surface area contributed by atoms with Crippen LogP contribution in [0.15, 0.2) is 42.5 Å². The van der Waals surface area contributed by atoms with Gasteiger partial charge in [0.25, 0.3) is 5.91 Å². The van der Waals surface area contributed by atoms with Crippen molar-refractivity contribution in [1.82, 2.24) is 5.32 Å². The van der Waals surface area contributed by atoms with Gasteiger partial charge >= 0.3 is 6.18 Å². The summed E-state index contributed by atoms with van der Waals surface area (Å²) in [4.78, 5) is 12.4. The molecule has 1 atom stereocenters. The average Bonchev–Trinajstić information content (AvgIpc) is 2.60. The molecular weight excluding hydrogens is 343 g/mol. The Morgan fingerprint density at radius 3 is 2.54 bits per heavy atom. The lowest BCUT2D eigenvalue weighted by molar-refractivity contribution is -0.137. The monoisotopic (exact) mass is 365 g/mol. The molecule has 0 aliphatic carbocycles. The van der Waals surface area contributed by atoms with Crippen molar-refractivity contribution in [3.05, 3.63) is 64.7 Å². The number of alkyl halides is 3. The molecule has 0 saturated carbocycles. The van der Waals surface area contributed by atoms with Crippen LogP contribution in [0, 0.1) is 13.8 Å². The van der Waals surface area contributed by atoms with E-state index in [1.165, 1.54) is 6.07 Å². The van der Waals surface area contributed by atoms with Crippen molar-refractivity contribution in [3.8, 4) is 5.75 Å². The van der Waals surface area contributed by atoms with E-state index in [1.54, 1.807) is 6.07 Å². The maximum atomic E-state index is 12.8. The van der Waals surface area contributed by atoms with Gasteiger partial charge < -0.3 is 10.1 Å². The second kappa shape index (κ2) is 8.25. The second-order valence-electron chi connectivity index (χ2n) is 6.20. The van der Waals surface area contributed by atoms with Crippen LogP contribution in [0.3, 0.4) is 0 Å². The number of nitrogens with one attached hydrogen (secondary N) is 1. The van der Waals surface area contributed by atoms with Gasteiger partial charge in [0, 0.05) is 6.54 Å². The topological polar surface area (TPSA) is 38.3 Å². The maximum absolute atomic E-state index is 12.8. The largest absolute Gasteiger partial charge is 0.480 e. The molecule has 0 aromatic heterocycles. The Morgan fingerprint density at radius 1 is 1.15 bits per heavy atom. The number of hydrogen-bond acceptors (Lipinski definition) is 2. The summed E-state index contributed by atoms with van der Waals surface area (Å²) in [6.45, 7) is 5.65. The van der Waals surface area contributed by atoms with E-state index < -0.39 is 17.8 Å². The number of benzene rings is 2. The Labute approximate surface area is 151 Å². The fourth-order valence-corrected chi connectivity index (χ4v) is 2.47. The molecule has 0 spiro atoms. The summed E-state index contributed by atoms with van der Waals surface area (Å²) in [7, 11) is 0. The molecule has 0 saturated heterocycles. The minimum Gasteiger partial charge on any atom is -0.480 e. The fraction of sp³-hybridized carbons (Fsp3) is 0.350. The zero-order valence-corrected chi connectivity index (χ0v) is 15.0. The smallest absolute Gasteiger partial charge is 0.416 e. The third-order valence-electron chi connectivity index (χ3n) is 4.00. The summed E-state index contributed by atoms with van der Waals surface area (Å²) in [5.41, 5.74) is 1.59. The quantitative estimate of drug-likeness (QED) is 0.799. The van der Waals surface area contributed by atoms with Crippen LogP contribution in [0.1, 0.15) is 35.6 Å². The number of carbonyl (C=O) groups is 1. The van der Waals surface area contributed by atoms with Crippen molar-refractivity contribution in [2.75, 3.05) is 0 Å². The van der Waals surface area contributed by atoms with Crippen molar-refractivity contribution in [3.63, 3.8) is 0 Å². The molecule has 140 valence electrons. The molecule has 0 unspecified atom stereocenters. The van der Waals surface area contributed by atoms with Gasteiger partial charge in [-0.1, -0.05) is 31.2 Å². The number of ether oxygens (including phenoxy) is 1. The molecule has 26 heavy (non-hydrogen) atoms. The Balaban J connectivity index is 2.02. The summed E-state index contributed by atoms with van der Waals surface area (Å²) < 4.78 is 44.1. The highest BCUT2D eigenvalue weighted by Crippen LogP contribution is 2.29. The first-order valence-electron chi connectivity index (χ1n) is 8.38. The zero-order valence-electron chi connectivity index (χ0n) is 15.0. The Hall–Kier alpha value is -2.50. The van der Waals surface area contributed by atoms with E-state index in [1.807, 2.05) is 39.0 Å². The molecule has 2 aromatic rings. The standard InChI is InChI=1S/C20H22F3NO2/c1-4-17(26-18-10-13(2)8-9-14(18)3)19(25)24-12-15-6-5-7-16(11-15)20(21,22)23/h5-11,17H,4,12H2,1-3H3,(H,24,25)/t17-/m0/s1. The van der Waals surface area contributed by atoms with Gasteiger partial charge in [0.1, 0.15) is 5.75 Å². The minimum absolute atomic E-state index is 0.00934. The molecule has 0 aliphatic heterocycles. The van der Waals surface area contributed by atoms with Crippen LogP contribution in [-0.2, 0) is 17.5 Å². The van der Waals surface area contributed by atoms with E-state index in [-0.39, 0.29) is 12.5 Å². The lowest BCUT2D eigenvalue weighted by Crippen LogP contribution is -2.37. The molecular formula is C20H22F3NO2. The molecule has 0 radical (unpaired) electrons. The second-order valence-corrected chi connectivity index (χ2v) is 6.20. The van der Waals surface area contributed by atoms with Crippen molar-refractivity contribution >= 4 is 5.91 Å². The number of aryl methyl sites for hydroxylation is 2. The van der Waals surface area contributed by atoms with Crippen LogP contribution in [0.5, 0.6) is 5.75 Å². The van der Waals surface area contributed by atoms with Crippen LogP contribution in [0.25, 0.3) is 0 Å². The van der Waals surface area contributed by atoms with Gasteiger partial charge in [-0.2, -0.15) is 13.2 Å². The number of hydrogen-bond donors (Lipinski definition) is 1. The van der Waals surface area contributed by atoms with Crippen LogP contribution in [0.2, 0.25) is 0 Å². The van der Waals surface area contributed by atoms with Gasteiger partial charge in [-0.15, -0.1) is 0 Å². The molecule has 3 nitrogen and oxygen atoms in total. The van der Waals surface area contributed by atoms with Gasteiger partial charge in [0.15, 0.2) is 6.10 Å². The fourth-order valence-electron chi connectivity index (χ4n) is 2.47. The van der Waals surface area contributed by atoms with E-state index in [2.05, 4.69) is 5.32 Å². The zero-order chi connectivity index (χ0) is 19.3.